The number of phenols is 1. The average molecular weight is 334 g/mol. The number of azo groups is 1. The van der Waals surface area contributed by atoms with Gasteiger partial charge in [-0.3, -0.25) is 0 Å². The number of hydrogen-bond donors (Lipinski definition) is 1. The Balaban J connectivity index is 1.69. The molecule has 0 bridgehead atoms. The van der Waals surface area contributed by atoms with Gasteiger partial charge < -0.3 is 9.84 Å². The molecule has 0 fully saturated rings. The largest absolute Gasteiger partial charge is 0.504 e. The first-order chi connectivity index (χ1) is 12.3. The van der Waals surface area contributed by atoms with Crippen LogP contribution in [0.1, 0.15) is 5.56 Å². The van der Waals surface area contributed by atoms with E-state index in [0.29, 0.717) is 23.8 Å². The topological polar surface area (TPSA) is 97.3 Å². The Hall–Kier alpha value is -3.55. The summed E-state index contributed by atoms with van der Waals surface area (Å²) in [7, 11) is 1.50. The van der Waals surface area contributed by atoms with Crippen molar-refractivity contribution in [1.29, 1.82) is 0 Å². The molecule has 0 aliphatic carbocycles. The molecule has 2 heterocycles. The molecule has 0 atom stereocenters. The number of rotatable bonds is 4. The summed E-state index contributed by atoms with van der Waals surface area (Å²) in [5.74, 6) is 0.990. The van der Waals surface area contributed by atoms with E-state index in [1.807, 2.05) is 24.3 Å². The van der Waals surface area contributed by atoms with E-state index in [0.717, 1.165) is 16.3 Å². The maximum absolute atomic E-state index is 9.63. The predicted molar refractivity (Wildman–Crippen MR) is 91.2 cm³/mol. The van der Waals surface area contributed by atoms with Crippen molar-refractivity contribution < 1.29 is 9.84 Å². The molecule has 8 heteroatoms. The van der Waals surface area contributed by atoms with Crippen molar-refractivity contribution in [3.8, 4) is 11.5 Å². The standard InChI is InChI=1S/C17H14N6O2/c1-25-15-8-11(6-7-14(15)24)9-18-20-16-12-4-2-3-5-13(12)17-21-19-10-23(17)22-16/h2-8,10,24H,9H2,1H3. The summed E-state index contributed by atoms with van der Waals surface area (Å²) in [5.41, 5.74) is 1.55. The molecule has 0 saturated carbocycles. The van der Waals surface area contributed by atoms with Crippen LogP contribution in [0.2, 0.25) is 0 Å². The minimum Gasteiger partial charge on any atom is -0.504 e. The van der Waals surface area contributed by atoms with E-state index in [1.165, 1.54) is 13.4 Å². The molecule has 8 nitrogen and oxygen atoms in total. The van der Waals surface area contributed by atoms with Gasteiger partial charge in [-0.05, 0) is 17.7 Å². The fourth-order valence-electron chi connectivity index (χ4n) is 2.59. The average Bonchev–Trinajstić information content (AvgIpc) is 3.12. The monoisotopic (exact) mass is 334 g/mol. The molecule has 2 aromatic heterocycles. The van der Waals surface area contributed by atoms with Gasteiger partial charge in [0.25, 0.3) is 0 Å². The summed E-state index contributed by atoms with van der Waals surface area (Å²) >= 11 is 0. The summed E-state index contributed by atoms with van der Waals surface area (Å²) in [4.78, 5) is 0. The molecule has 0 amide bonds. The third-order valence-electron chi connectivity index (χ3n) is 3.80. The van der Waals surface area contributed by atoms with Gasteiger partial charge in [0, 0.05) is 10.8 Å². The zero-order valence-electron chi connectivity index (χ0n) is 13.4. The van der Waals surface area contributed by atoms with Crippen LogP contribution in [0.5, 0.6) is 11.5 Å². The summed E-state index contributed by atoms with van der Waals surface area (Å²) in [6, 6.07) is 12.8. The summed E-state index contributed by atoms with van der Waals surface area (Å²) in [5, 5.41) is 32.3. The van der Waals surface area contributed by atoms with E-state index in [2.05, 4.69) is 25.5 Å². The van der Waals surface area contributed by atoms with Crippen LogP contribution in [-0.2, 0) is 6.54 Å². The third-order valence-corrected chi connectivity index (χ3v) is 3.80. The Morgan fingerprint density at radius 2 is 2.00 bits per heavy atom. The fraction of sp³-hybridized carbons (Fsp3) is 0.118. The fourth-order valence-corrected chi connectivity index (χ4v) is 2.59. The number of hydrogen-bond acceptors (Lipinski definition) is 7. The number of aromatic hydroxyl groups is 1. The zero-order valence-corrected chi connectivity index (χ0v) is 13.4. The van der Waals surface area contributed by atoms with Gasteiger partial charge in [-0.15, -0.1) is 20.4 Å². The Morgan fingerprint density at radius 1 is 1.16 bits per heavy atom. The Morgan fingerprint density at radius 3 is 2.84 bits per heavy atom. The first kappa shape index (κ1) is 15.0. The molecular weight excluding hydrogens is 320 g/mol. The summed E-state index contributed by atoms with van der Waals surface area (Å²) in [6.07, 6.45) is 1.53. The van der Waals surface area contributed by atoms with Crippen molar-refractivity contribution in [2.45, 2.75) is 6.54 Å². The molecule has 25 heavy (non-hydrogen) atoms. The van der Waals surface area contributed by atoms with Crippen molar-refractivity contribution in [2.75, 3.05) is 7.11 Å². The number of aromatic nitrogens is 4. The molecule has 124 valence electrons. The number of methoxy groups -OCH3 is 1. The van der Waals surface area contributed by atoms with Crippen molar-refractivity contribution >= 4 is 22.2 Å². The lowest BCUT2D eigenvalue weighted by molar-refractivity contribution is 0.373. The van der Waals surface area contributed by atoms with Gasteiger partial charge in [0.2, 0.25) is 5.82 Å². The van der Waals surface area contributed by atoms with Crippen LogP contribution >= 0.6 is 0 Å². The van der Waals surface area contributed by atoms with Crippen LogP contribution < -0.4 is 4.74 Å². The maximum Gasteiger partial charge on any atom is 0.202 e. The first-order valence-electron chi connectivity index (χ1n) is 7.58. The lowest BCUT2D eigenvalue weighted by Crippen LogP contribution is -1.92. The van der Waals surface area contributed by atoms with Gasteiger partial charge in [0.15, 0.2) is 17.1 Å². The summed E-state index contributed by atoms with van der Waals surface area (Å²) in [6.45, 7) is 0.340. The second kappa shape index (κ2) is 6.16. The van der Waals surface area contributed by atoms with E-state index in [4.69, 9.17) is 4.74 Å². The van der Waals surface area contributed by atoms with Crippen LogP contribution in [0.4, 0.5) is 5.82 Å². The lowest BCUT2D eigenvalue weighted by Gasteiger charge is -2.04. The van der Waals surface area contributed by atoms with E-state index < -0.39 is 0 Å². The van der Waals surface area contributed by atoms with Gasteiger partial charge in [0.05, 0.1) is 13.7 Å². The van der Waals surface area contributed by atoms with E-state index in [9.17, 15) is 5.11 Å². The Bertz CT molecular complexity index is 1090. The highest BCUT2D eigenvalue weighted by molar-refractivity contribution is 5.98. The maximum atomic E-state index is 9.63. The molecule has 1 N–H and O–H groups in total. The highest BCUT2D eigenvalue weighted by Crippen LogP contribution is 2.28. The molecule has 4 aromatic rings. The molecule has 0 radical (unpaired) electrons. The molecule has 4 rings (SSSR count). The molecule has 0 spiro atoms. The van der Waals surface area contributed by atoms with E-state index in [1.54, 1.807) is 22.7 Å². The predicted octanol–water partition coefficient (Wildman–Crippen LogP) is 3.28. The van der Waals surface area contributed by atoms with Gasteiger partial charge in [-0.2, -0.15) is 9.63 Å². The number of benzene rings is 2. The third kappa shape index (κ3) is 2.74. The van der Waals surface area contributed by atoms with Crippen LogP contribution in [0, 0.1) is 0 Å². The minimum absolute atomic E-state index is 0.0916. The van der Waals surface area contributed by atoms with Crippen LogP contribution in [0.25, 0.3) is 16.4 Å². The molecule has 0 unspecified atom stereocenters. The van der Waals surface area contributed by atoms with Gasteiger partial charge >= 0.3 is 0 Å². The SMILES string of the molecule is COc1cc(CN=Nc2nn3cnnc3c3ccccc23)ccc1O. The highest BCUT2D eigenvalue weighted by Gasteiger charge is 2.09. The van der Waals surface area contributed by atoms with Crippen LogP contribution in [-0.4, -0.2) is 32.0 Å². The Labute approximate surface area is 142 Å². The van der Waals surface area contributed by atoms with Gasteiger partial charge in [-0.1, -0.05) is 30.3 Å². The molecule has 2 aromatic carbocycles. The smallest absolute Gasteiger partial charge is 0.202 e. The molecule has 0 saturated heterocycles. The number of phenolic OH excluding ortho intramolecular Hbond substituents is 1. The van der Waals surface area contributed by atoms with Gasteiger partial charge in [0.1, 0.15) is 6.33 Å². The van der Waals surface area contributed by atoms with Crippen LogP contribution in [0.3, 0.4) is 0 Å². The van der Waals surface area contributed by atoms with Crippen molar-refractivity contribution in [2.24, 2.45) is 10.2 Å². The number of ether oxygens (including phenoxy) is 1. The number of fused-ring (bicyclic) bond motifs is 3. The first-order valence-corrected chi connectivity index (χ1v) is 7.58. The van der Waals surface area contributed by atoms with Crippen molar-refractivity contribution in [1.82, 2.24) is 19.8 Å². The number of nitrogens with zero attached hydrogens (tertiary/aromatic N) is 6. The van der Waals surface area contributed by atoms with Crippen molar-refractivity contribution in [3.05, 3.63) is 54.4 Å². The van der Waals surface area contributed by atoms with Crippen molar-refractivity contribution in [3.63, 3.8) is 0 Å². The van der Waals surface area contributed by atoms with Crippen LogP contribution in [0.15, 0.2) is 59.0 Å². The van der Waals surface area contributed by atoms with E-state index in [-0.39, 0.29) is 5.75 Å². The highest BCUT2D eigenvalue weighted by atomic mass is 16.5. The second-order valence-electron chi connectivity index (χ2n) is 5.37. The molecule has 0 aliphatic rings. The molecular formula is C17H14N6O2. The zero-order chi connectivity index (χ0) is 17.2. The normalized spacial score (nSPS) is 11.6. The van der Waals surface area contributed by atoms with E-state index >= 15 is 0 Å². The second-order valence-corrected chi connectivity index (χ2v) is 5.37. The van der Waals surface area contributed by atoms with Gasteiger partial charge in [-0.25, -0.2) is 0 Å². The minimum atomic E-state index is 0.0916. The lowest BCUT2D eigenvalue weighted by atomic mass is 10.2. The quantitative estimate of drug-likeness (QED) is 0.578. The summed E-state index contributed by atoms with van der Waals surface area (Å²) < 4.78 is 6.68. The Kier molecular flexibility index (Phi) is 3.70. The molecule has 0 aliphatic heterocycles.